The summed E-state index contributed by atoms with van der Waals surface area (Å²) in [5.41, 5.74) is 4.01. The largest absolute Gasteiger partial charge is 0.364 e. The Morgan fingerprint density at radius 3 is 2.78 bits per heavy atom. The lowest BCUT2D eigenvalue weighted by Gasteiger charge is -2.17. The number of amides is 2. The van der Waals surface area contributed by atoms with Crippen molar-refractivity contribution in [3.63, 3.8) is 0 Å². The van der Waals surface area contributed by atoms with Crippen LogP contribution in [0.3, 0.4) is 0 Å². The van der Waals surface area contributed by atoms with Gasteiger partial charge in [0, 0.05) is 19.0 Å². The second kappa shape index (κ2) is 6.28. The number of aromatic nitrogens is 1. The number of primary amides is 1. The smallest absolute Gasteiger partial charge is 0.267 e. The molecular weight excluding hydrogens is 306 g/mol. The third-order valence-electron chi connectivity index (χ3n) is 3.49. The fourth-order valence-electron chi connectivity index (χ4n) is 2.07. The molecule has 0 bridgehead atoms. The highest BCUT2D eigenvalue weighted by atomic mass is 19.3. The molecule has 1 aliphatic carbocycles. The molecule has 0 saturated heterocycles. The van der Waals surface area contributed by atoms with E-state index >= 15 is 0 Å². The van der Waals surface area contributed by atoms with E-state index in [1.54, 1.807) is 0 Å². The van der Waals surface area contributed by atoms with Crippen molar-refractivity contribution in [1.82, 2.24) is 10.3 Å². The van der Waals surface area contributed by atoms with Gasteiger partial charge in [0.1, 0.15) is 11.2 Å². The van der Waals surface area contributed by atoms with Gasteiger partial charge in [0.25, 0.3) is 11.8 Å². The van der Waals surface area contributed by atoms with Crippen molar-refractivity contribution >= 4 is 11.8 Å². The van der Waals surface area contributed by atoms with Crippen LogP contribution in [0.5, 0.6) is 0 Å². The first-order valence-corrected chi connectivity index (χ1v) is 6.95. The number of carbonyl (C=O) groups is 2. The molecule has 1 aromatic heterocycles. The number of nitriles is 1. The third-order valence-corrected chi connectivity index (χ3v) is 3.49. The summed E-state index contributed by atoms with van der Waals surface area (Å²) in [6.45, 7) is 0. The average molecular weight is 321 g/mol. The van der Waals surface area contributed by atoms with Gasteiger partial charge < -0.3 is 11.1 Å². The minimum Gasteiger partial charge on any atom is -0.364 e. The summed E-state index contributed by atoms with van der Waals surface area (Å²) in [6, 6.07) is 4.71. The Kier molecular flexibility index (Phi) is 4.59. The van der Waals surface area contributed by atoms with Crippen LogP contribution in [-0.2, 0) is 11.2 Å². The van der Waals surface area contributed by atoms with E-state index in [0.717, 1.165) is 6.42 Å². The van der Waals surface area contributed by atoms with E-state index < -0.39 is 36.1 Å². The summed E-state index contributed by atoms with van der Waals surface area (Å²) in [7, 11) is 0. The van der Waals surface area contributed by atoms with Crippen LogP contribution in [0.25, 0.3) is 0 Å². The van der Waals surface area contributed by atoms with Crippen LogP contribution in [-0.4, -0.2) is 28.3 Å². The maximum atomic E-state index is 14.0. The normalized spacial score (nSPS) is 15.5. The zero-order valence-corrected chi connectivity index (χ0v) is 12.2. The van der Waals surface area contributed by atoms with E-state index in [2.05, 4.69) is 10.3 Å². The molecule has 3 N–H and O–H groups in total. The Hall–Kier alpha value is -2.56. The predicted molar refractivity (Wildman–Crippen MR) is 76.0 cm³/mol. The van der Waals surface area contributed by atoms with Gasteiger partial charge in [-0.1, -0.05) is 6.07 Å². The first-order chi connectivity index (χ1) is 10.8. The maximum Gasteiger partial charge on any atom is 0.267 e. The zero-order chi connectivity index (χ0) is 17.1. The van der Waals surface area contributed by atoms with Crippen LogP contribution < -0.4 is 11.1 Å². The molecule has 0 aromatic carbocycles. The Labute approximate surface area is 131 Å². The number of hydrogen-bond donors (Lipinski definition) is 2. The summed E-state index contributed by atoms with van der Waals surface area (Å²) in [5, 5.41) is 11.2. The van der Waals surface area contributed by atoms with Gasteiger partial charge in [-0.2, -0.15) is 5.26 Å². The highest BCUT2D eigenvalue weighted by Gasteiger charge is 2.45. The van der Waals surface area contributed by atoms with Crippen molar-refractivity contribution in [2.75, 3.05) is 0 Å². The maximum absolute atomic E-state index is 14.0. The fourth-order valence-corrected chi connectivity index (χ4v) is 2.07. The van der Waals surface area contributed by atoms with Crippen molar-refractivity contribution in [2.24, 2.45) is 5.73 Å². The first kappa shape index (κ1) is 16.8. The van der Waals surface area contributed by atoms with Crippen molar-refractivity contribution in [2.45, 2.75) is 37.1 Å². The van der Waals surface area contributed by atoms with Gasteiger partial charge >= 0.3 is 0 Å². The van der Waals surface area contributed by atoms with Gasteiger partial charge in [0.05, 0.1) is 12.5 Å². The summed E-state index contributed by atoms with van der Waals surface area (Å²) >= 11 is 0. The lowest BCUT2D eigenvalue weighted by atomic mass is 10.0. The van der Waals surface area contributed by atoms with Gasteiger partial charge in [-0.3, -0.25) is 14.6 Å². The molecule has 0 atom stereocenters. The summed E-state index contributed by atoms with van der Waals surface area (Å²) < 4.78 is 28.0. The Morgan fingerprint density at radius 2 is 2.22 bits per heavy atom. The molecule has 0 unspecified atom stereocenters. The van der Waals surface area contributed by atoms with E-state index in [-0.39, 0.29) is 11.3 Å². The summed E-state index contributed by atoms with van der Waals surface area (Å²) in [4.78, 5) is 26.5. The number of carbonyl (C=O) groups excluding carboxylic acids is 2. The summed E-state index contributed by atoms with van der Waals surface area (Å²) in [5.74, 6) is -4.83. The lowest BCUT2D eigenvalue weighted by molar-refractivity contribution is -0.119. The number of nitrogens with zero attached hydrogens (tertiary/aromatic N) is 2. The number of nitrogens with two attached hydrogens (primary N) is 1. The topological polar surface area (TPSA) is 109 Å². The number of alkyl halides is 2. The Bertz CT molecular complexity index is 666. The number of hydrogen-bond acceptors (Lipinski definition) is 4. The SMILES string of the molecule is N#CC1(NC(=O)[CH]CC(F)(F)Cc2cccnc2C(N)=O)CC1. The molecule has 1 aliphatic rings. The molecule has 1 radical (unpaired) electrons. The van der Waals surface area contributed by atoms with Gasteiger partial charge in [-0.25, -0.2) is 8.78 Å². The fraction of sp³-hybridized carbons (Fsp3) is 0.400. The van der Waals surface area contributed by atoms with Crippen molar-refractivity contribution in [3.8, 4) is 6.07 Å². The molecule has 1 aromatic rings. The second-order valence-corrected chi connectivity index (χ2v) is 5.50. The number of rotatable bonds is 7. The Morgan fingerprint density at radius 1 is 1.52 bits per heavy atom. The monoisotopic (exact) mass is 321 g/mol. The molecule has 2 amide bonds. The van der Waals surface area contributed by atoms with Crippen LogP contribution in [0.15, 0.2) is 18.3 Å². The Balaban J connectivity index is 1.93. The van der Waals surface area contributed by atoms with E-state index in [1.807, 2.05) is 6.07 Å². The van der Waals surface area contributed by atoms with Gasteiger partial charge in [-0.15, -0.1) is 0 Å². The molecule has 1 heterocycles. The van der Waals surface area contributed by atoms with Gasteiger partial charge in [0.2, 0.25) is 5.91 Å². The standard InChI is InChI=1S/C15H15F2N4O2/c16-15(17,4-3-11(22)21-14(9-18)5-6-14)8-10-2-1-7-20-12(10)13(19)23/h1-3,7H,4-6,8H2,(H2,19,23)(H,21,22). The molecule has 23 heavy (non-hydrogen) atoms. The molecular formula is C15H15F2N4O2. The van der Waals surface area contributed by atoms with Gasteiger partial charge in [0.15, 0.2) is 0 Å². The molecule has 0 aliphatic heterocycles. The van der Waals surface area contributed by atoms with Crippen LogP contribution in [0, 0.1) is 17.8 Å². The van der Waals surface area contributed by atoms with E-state index in [1.165, 1.54) is 18.3 Å². The molecule has 121 valence electrons. The predicted octanol–water partition coefficient (Wildman–Crippen LogP) is 1.13. The average Bonchev–Trinajstić information content (AvgIpc) is 3.25. The molecule has 8 heteroatoms. The van der Waals surface area contributed by atoms with Crippen molar-refractivity contribution in [1.29, 1.82) is 5.26 Å². The second-order valence-electron chi connectivity index (χ2n) is 5.50. The third kappa shape index (κ3) is 4.45. The van der Waals surface area contributed by atoms with Crippen LogP contribution in [0.4, 0.5) is 8.78 Å². The molecule has 6 nitrogen and oxygen atoms in total. The van der Waals surface area contributed by atoms with Crippen molar-refractivity contribution < 1.29 is 18.4 Å². The van der Waals surface area contributed by atoms with E-state index in [4.69, 9.17) is 11.0 Å². The lowest BCUT2D eigenvalue weighted by Crippen LogP contribution is -2.37. The van der Waals surface area contributed by atoms with Gasteiger partial charge in [-0.05, 0) is 24.5 Å². The zero-order valence-electron chi connectivity index (χ0n) is 12.2. The summed E-state index contributed by atoms with van der Waals surface area (Å²) in [6.07, 6.45) is 1.59. The highest BCUT2D eigenvalue weighted by Crippen LogP contribution is 2.34. The number of pyridine rings is 1. The molecule has 0 spiro atoms. The van der Waals surface area contributed by atoms with E-state index in [9.17, 15) is 18.4 Å². The number of nitrogens with one attached hydrogen (secondary N) is 1. The van der Waals surface area contributed by atoms with Crippen molar-refractivity contribution in [3.05, 3.63) is 36.0 Å². The van der Waals surface area contributed by atoms with Crippen LogP contribution in [0.2, 0.25) is 0 Å². The van der Waals surface area contributed by atoms with Crippen LogP contribution >= 0.6 is 0 Å². The minimum atomic E-state index is -3.24. The first-order valence-electron chi connectivity index (χ1n) is 6.95. The molecule has 1 saturated carbocycles. The number of halogens is 2. The highest BCUT2D eigenvalue weighted by molar-refractivity contribution is 5.92. The van der Waals surface area contributed by atoms with E-state index in [0.29, 0.717) is 12.8 Å². The molecule has 1 fully saturated rings. The van der Waals surface area contributed by atoms with Crippen LogP contribution in [0.1, 0.15) is 35.3 Å². The quantitative estimate of drug-likeness (QED) is 0.784. The molecule has 2 rings (SSSR count). The minimum absolute atomic E-state index is 0.0227.